The molecule has 0 atom stereocenters. The second-order valence-electron chi connectivity index (χ2n) is 8.02. The summed E-state index contributed by atoms with van der Waals surface area (Å²) in [4.78, 5) is 23.1. The number of ether oxygens (including phenoxy) is 2. The molecule has 1 amide bonds. The number of aromatic nitrogens is 2. The van der Waals surface area contributed by atoms with Crippen LogP contribution in [0.15, 0.2) is 84.2 Å². The Morgan fingerprint density at radius 3 is 2.35 bits per heavy atom. The van der Waals surface area contributed by atoms with E-state index in [0.717, 1.165) is 39.4 Å². The van der Waals surface area contributed by atoms with Crippen LogP contribution in [0, 0.1) is 0 Å². The number of nitrogens with one attached hydrogen (secondary N) is 1. The zero-order valence-corrected chi connectivity index (χ0v) is 21.0. The van der Waals surface area contributed by atoms with Crippen LogP contribution in [0.2, 0.25) is 0 Å². The molecule has 5 rings (SSSR count). The van der Waals surface area contributed by atoms with Gasteiger partial charge in [-0.05, 0) is 71.3 Å². The molecule has 3 heterocycles. The molecule has 0 aliphatic rings. The number of rotatable bonds is 7. The molecule has 9 heteroatoms. The Labute approximate surface area is 217 Å². The molecule has 0 spiro atoms. The number of nitrogens with zero attached hydrogens (tertiary/aromatic N) is 3. The van der Waals surface area contributed by atoms with Crippen molar-refractivity contribution in [2.75, 3.05) is 20.0 Å². The zero-order valence-electron chi connectivity index (χ0n) is 20.1. The molecule has 2 aromatic carbocycles. The Morgan fingerprint density at radius 1 is 1.00 bits per heavy atom. The highest BCUT2D eigenvalue weighted by molar-refractivity contribution is 7.21. The molecule has 0 aliphatic carbocycles. The van der Waals surface area contributed by atoms with Gasteiger partial charge in [0.25, 0.3) is 5.91 Å². The third-order valence-corrected chi connectivity index (χ3v) is 6.86. The molecular weight excluding hydrogens is 486 g/mol. The summed E-state index contributed by atoms with van der Waals surface area (Å²) in [6, 6.07) is 20.8. The molecule has 0 aliphatic heterocycles. The average molecular weight is 510 g/mol. The second kappa shape index (κ2) is 10.5. The number of hydrogen-bond donors (Lipinski definition) is 2. The summed E-state index contributed by atoms with van der Waals surface area (Å²) in [6.07, 6.45) is 5.03. The molecule has 5 aromatic rings. The van der Waals surface area contributed by atoms with E-state index in [0.29, 0.717) is 20.8 Å². The summed E-state index contributed by atoms with van der Waals surface area (Å²) in [5.74, 6) is 1.08. The molecule has 0 radical (unpaired) electrons. The van der Waals surface area contributed by atoms with Crippen LogP contribution in [0.3, 0.4) is 0 Å². The molecule has 37 heavy (non-hydrogen) atoms. The van der Waals surface area contributed by atoms with Gasteiger partial charge >= 0.3 is 0 Å². The van der Waals surface area contributed by atoms with E-state index in [4.69, 9.17) is 20.2 Å². The summed E-state index contributed by atoms with van der Waals surface area (Å²) < 4.78 is 10.5. The van der Waals surface area contributed by atoms with Crippen molar-refractivity contribution in [3.8, 4) is 33.9 Å². The topological polar surface area (TPSA) is 112 Å². The van der Waals surface area contributed by atoms with Crippen LogP contribution in [0.5, 0.6) is 11.5 Å². The Bertz CT molecular complexity index is 1580. The molecule has 0 saturated carbocycles. The Morgan fingerprint density at radius 2 is 1.70 bits per heavy atom. The predicted octanol–water partition coefficient (Wildman–Crippen LogP) is 5.39. The number of thiophene rings is 1. The van der Waals surface area contributed by atoms with Gasteiger partial charge in [0.05, 0.1) is 31.8 Å². The number of hydrazone groups is 1. The minimum Gasteiger partial charge on any atom is -0.497 e. The van der Waals surface area contributed by atoms with Crippen molar-refractivity contribution in [1.82, 2.24) is 15.4 Å². The molecule has 0 bridgehead atoms. The standard InChI is InChI=1S/C28H23N5O3S/c1-35-20-9-5-17(6-10-20)15-31-33-27(34)26-25(29)24-22(18-7-11-21(36-2)12-8-18)14-23(32-28(24)37-26)19-4-3-13-30-16-19/h3-16H,29H2,1-2H3,(H,33,34)/b31-15+. The lowest BCUT2D eigenvalue weighted by Gasteiger charge is -2.09. The number of hydrogen-bond acceptors (Lipinski definition) is 8. The van der Waals surface area contributed by atoms with Gasteiger partial charge in [0.2, 0.25) is 0 Å². The molecule has 3 N–H and O–H groups in total. The maximum absolute atomic E-state index is 13.0. The Kier molecular flexibility index (Phi) is 6.78. The van der Waals surface area contributed by atoms with Crippen LogP contribution in [-0.4, -0.2) is 36.3 Å². The number of carbonyl (C=O) groups excluding carboxylic acids is 1. The lowest BCUT2D eigenvalue weighted by molar-refractivity contribution is 0.0960. The minimum absolute atomic E-state index is 0.340. The summed E-state index contributed by atoms with van der Waals surface area (Å²) in [5.41, 5.74) is 13.7. The van der Waals surface area contributed by atoms with Crippen LogP contribution in [0.4, 0.5) is 5.69 Å². The number of anilines is 1. The number of nitrogen functional groups attached to an aromatic ring is 1. The van der Waals surface area contributed by atoms with Crippen LogP contribution < -0.4 is 20.6 Å². The summed E-state index contributed by atoms with van der Waals surface area (Å²) in [6.45, 7) is 0. The van der Waals surface area contributed by atoms with Gasteiger partial charge in [-0.2, -0.15) is 5.10 Å². The van der Waals surface area contributed by atoms with E-state index < -0.39 is 5.91 Å². The number of nitrogens with two attached hydrogens (primary N) is 1. The molecule has 0 fully saturated rings. The summed E-state index contributed by atoms with van der Waals surface area (Å²) >= 11 is 1.22. The maximum Gasteiger partial charge on any atom is 0.283 e. The van der Waals surface area contributed by atoms with Crippen LogP contribution in [-0.2, 0) is 0 Å². The van der Waals surface area contributed by atoms with Crippen LogP contribution in [0.1, 0.15) is 15.2 Å². The molecule has 0 unspecified atom stereocenters. The number of amides is 1. The van der Waals surface area contributed by atoms with Gasteiger partial charge < -0.3 is 15.2 Å². The molecule has 8 nitrogen and oxygen atoms in total. The van der Waals surface area contributed by atoms with Gasteiger partial charge in [-0.3, -0.25) is 9.78 Å². The summed E-state index contributed by atoms with van der Waals surface area (Å²) in [5, 5.41) is 4.81. The number of fused-ring (bicyclic) bond motifs is 1. The highest BCUT2D eigenvalue weighted by atomic mass is 32.1. The van der Waals surface area contributed by atoms with Gasteiger partial charge in [0.15, 0.2) is 0 Å². The van der Waals surface area contributed by atoms with Crippen molar-refractivity contribution >= 4 is 39.4 Å². The van der Waals surface area contributed by atoms with Crippen molar-refractivity contribution in [2.24, 2.45) is 5.10 Å². The lowest BCUT2D eigenvalue weighted by Crippen LogP contribution is -2.17. The van der Waals surface area contributed by atoms with E-state index in [1.54, 1.807) is 32.8 Å². The Hall–Kier alpha value is -4.76. The Balaban J connectivity index is 1.53. The van der Waals surface area contributed by atoms with Crippen molar-refractivity contribution in [3.05, 3.63) is 89.6 Å². The van der Waals surface area contributed by atoms with Gasteiger partial charge in [-0.25, -0.2) is 10.4 Å². The smallest absolute Gasteiger partial charge is 0.283 e. The van der Waals surface area contributed by atoms with Gasteiger partial charge in [-0.15, -0.1) is 11.3 Å². The summed E-state index contributed by atoms with van der Waals surface area (Å²) in [7, 11) is 3.23. The first-order valence-electron chi connectivity index (χ1n) is 11.3. The van der Waals surface area contributed by atoms with E-state index in [1.165, 1.54) is 11.3 Å². The predicted molar refractivity (Wildman–Crippen MR) is 147 cm³/mol. The lowest BCUT2D eigenvalue weighted by atomic mass is 10.00. The number of pyridine rings is 2. The quantitative estimate of drug-likeness (QED) is 0.225. The highest BCUT2D eigenvalue weighted by Crippen LogP contribution is 2.41. The highest BCUT2D eigenvalue weighted by Gasteiger charge is 2.21. The van der Waals surface area contributed by atoms with E-state index >= 15 is 0 Å². The third-order valence-electron chi connectivity index (χ3n) is 5.76. The van der Waals surface area contributed by atoms with E-state index in [1.807, 2.05) is 66.7 Å². The fraction of sp³-hybridized carbons (Fsp3) is 0.0714. The van der Waals surface area contributed by atoms with Crippen molar-refractivity contribution in [1.29, 1.82) is 0 Å². The fourth-order valence-electron chi connectivity index (χ4n) is 3.86. The van der Waals surface area contributed by atoms with E-state index in [9.17, 15) is 4.79 Å². The first kappa shape index (κ1) is 24.0. The van der Waals surface area contributed by atoms with Crippen LogP contribution >= 0.6 is 11.3 Å². The van der Waals surface area contributed by atoms with Crippen molar-refractivity contribution in [3.63, 3.8) is 0 Å². The van der Waals surface area contributed by atoms with Crippen molar-refractivity contribution in [2.45, 2.75) is 0 Å². The first-order chi connectivity index (χ1) is 18.1. The van der Waals surface area contributed by atoms with Gasteiger partial charge in [0, 0.05) is 23.3 Å². The third kappa shape index (κ3) is 4.98. The van der Waals surface area contributed by atoms with Gasteiger partial charge in [0.1, 0.15) is 21.2 Å². The van der Waals surface area contributed by atoms with E-state index in [-0.39, 0.29) is 0 Å². The SMILES string of the molecule is COc1ccc(/C=N/NC(=O)c2sc3nc(-c4cccnc4)cc(-c4ccc(OC)cc4)c3c2N)cc1. The average Bonchev–Trinajstić information content (AvgIpc) is 3.29. The van der Waals surface area contributed by atoms with Gasteiger partial charge in [-0.1, -0.05) is 12.1 Å². The monoisotopic (exact) mass is 509 g/mol. The largest absolute Gasteiger partial charge is 0.497 e. The minimum atomic E-state index is -0.408. The zero-order chi connectivity index (χ0) is 25.8. The molecule has 3 aromatic heterocycles. The molecule has 0 saturated heterocycles. The second-order valence-corrected chi connectivity index (χ2v) is 9.02. The number of benzene rings is 2. The first-order valence-corrected chi connectivity index (χ1v) is 12.1. The van der Waals surface area contributed by atoms with Crippen LogP contribution in [0.25, 0.3) is 32.6 Å². The normalized spacial score (nSPS) is 11.1. The molecule has 184 valence electrons. The maximum atomic E-state index is 13.0. The van der Waals surface area contributed by atoms with Crippen molar-refractivity contribution < 1.29 is 14.3 Å². The number of carbonyl (C=O) groups is 1. The number of methoxy groups -OCH3 is 2. The van der Waals surface area contributed by atoms with E-state index in [2.05, 4.69) is 15.5 Å². The fourth-order valence-corrected chi connectivity index (χ4v) is 4.87. The molecular formula is C28H23N5O3S.